The Balaban J connectivity index is 2.37. The number of amides is 1. The maximum absolute atomic E-state index is 13.7. The first-order valence-corrected chi connectivity index (χ1v) is 6.96. The molecule has 0 saturated carbocycles. The van der Waals surface area contributed by atoms with Crippen LogP contribution >= 0.6 is 15.9 Å². The zero-order valence-electron chi connectivity index (χ0n) is 11.4. The summed E-state index contributed by atoms with van der Waals surface area (Å²) >= 11 is 2.99. The molecule has 0 aliphatic heterocycles. The van der Waals surface area contributed by atoms with Gasteiger partial charge in [-0.2, -0.15) is 0 Å². The van der Waals surface area contributed by atoms with Crippen LogP contribution < -0.4 is 10.6 Å². The van der Waals surface area contributed by atoms with E-state index in [0.29, 0.717) is 11.3 Å². The largest absolute Gasteiger partial charge is 0.387 e. The minimum atomic E-state index is -0.839. The molecule has 0 unspecified atom stereocenters. The highest BCUT2D eigenvalue weighted by Gasteiger charge is 2.17. The van der Waals surface area contributed by atoms with Gasteiger partial charge in [0.2, 0.25) is 0 Å². The maximum atomic E-state index is 13.7. The molecule has 110 valence electrons. The van der Waals surface area contributed by atoms with Crippen LogP contribution in [0.1, 0.15) is 15.9 Å². The minimum Gasteiger partial charge on any atom is -0.387 e. The van der Waals surface area contributed by atoms with E-state index in [9.17, 15) is 13.6 Å². The van der Waals surface area contributed by atoms with Crippen LogP contribution in [0.3, 0.4) is 0 Å². The van der Waals surface area contributed by atoms with Gasteiger partial charge in [-0.1, -0.05) is 27.6 Å². The SMILES string of the molecule is CNc1ccc(C)cc1C(=O)Nc1c(F)cc(Br)cc1F. The summed E-state index contributed by atoms with van der Waals surface area (Å²) in [6, 6.07) is 7.40. The molecule has 0 radical (unpaired) electrons. The molecule has 2 aromatic carbocycles. The van der Waals surface area contributed by atoms with Crippen molar-refractivity contribution >= 4 is 33.2 Å². The van der Waals surface area contributed by atoms with Crippen molar-refractivity contribution in [3.05, 3.63) is 57.6 Å². The van der Waals surface area contributed by atoms with E-state index in [0.717, 1.165) is 17.7 Å². The zero-order chi connectivity index (χ0) is 15.6. The van der Waals surface area contributed by atoms with Gasteiger partial charge in [-0.3, -0.25) is 4.79 Å². The summed E-state index contributed by atoms with van der Waals surface area (Å²) in [6.45, 7) is 1.83. The molecule has 0 aromatic heterocycles. The second-order valence-electron chi connectivity index (χ2n) is 4.50. The minimum absolute atomic E-state index is 0.266. The van der Waals surface area contributed by atoms with Crippen molar-refractivity contribution in [1.29, 1.82) is 0 Å². The summed E-state index contributed by atoms with van der Waals surface area (Å²) in [5.74, 6) is -2.26. The molecule has 6 heteroatoms. The van der Waals surface area contributed by atoms with Crippen molar-refractivity contribution in [3.8, 4) is 0 Å². The van der Waals surface area contributed by atoms with Crippen LogP contribution in [0.15, 0.2) is 34.8 Å². The number of hydrogen-bond acceptors (Lipinski definition) is 2. The van der Waals surface area contributed by atoms with Gasteiger partial charge in [0.05, 0.1) is 5.56 Å². The van der Waals surface area contributed by atoms with Crippen LogP contribution in [0.2, 0.25) is 0 Å². The fourth-order valence-corrected chi connectivity index (χ4v) is 2.31. The second kappa shape index (κ2) is 6.22. The van der Waals surface area contributed by atoms with Crippen molar-refractivity contribution in [1.82, 2.24) is 0 Å². The van der Waals surface area contributed by atoms with E-state index < -0.39 is 23.2 Å². The maximum Gasteiger partial charge on any atom is 0.257 e. The first-order chi connectivity index (χ1) is 9.92. The third-order valence-electron chi connectivity index (χ3n) is 2.93. The number of hydrogen-bond donors (Lipinski definition) is 2. The normalized spacial score (nSPS) is 10.3. The Morgan fingerprint density at radius 2 is 1.76 bits per heavy atom. The van der Waals surface area contributed by atoms with Crippen LogP contribution in [0.4, 0.5) is 20.2 Å². The summed E-state index contributed by atoms with van der Waals surface area (Å²) in [7, 11) is 1.67. The highest BCUT2D eigenvalue weighted by molar-refractivity contribution is 9.10. The number of benzene rings is 2. The molecule has 0 fully saturated rings. The highest BCUT2D eigenvalue weighted by atomic mass is 79.9. The summed E-state index contributed by atoms with van der Waals surface area (Å²) in [5, 5.41) is 5.15. The third kappa shape index (κ3) is 3.39. The van der Waals surface area contributed by atoms with E-state index in [4.69, 9.17) is 0 Å². The number of carbonyl (C=O) groups excluding carboxylic acids is 1. The van der Waals surface area contributed by atoms with E-state index in [1.807, 2.05) is 13.0 Å². The summed E-state index contributed by atoms with van der Waals surface area (Å²) in [5.41, 5.74) is 1.30. The van der Waals surface area contributed by atoms with Gasteiger partial charge in [-0.15, -0.1) is 0 Å². The third-order valence-corrected chi connectivity index (χ3v) is 3.39. The smallest absolute Gasteiger partial charge is 0.257 e. The van der Waals surface area contributed by atoms with Crippen molar-refractivity contribution in [2.75, 3.05) is 17.7 Å². The zero-order valence-corrected chi connectivity index (χ0v) is 13.0. The van der Waals surface area contributed by atoms with Crippen molar-refractivity contribution in [2.24, 2.45) is 0 Å². The molecule has 21 heavy (non-hydrogen) atoms. The van der Waals surface area contributed by atoms with Gasteiger partial charge in [-0.25, -0.2) is 8.78 Å². The fourth-order valence-electron chi connectivity index (χ4n) is 1.91. The summed E-state index contributed by atoms with van der Waals surface area (Å²) < 4.78 is 27.8. The van der Waals surface area contributed by atoms with E-state index in [1.54, 1.807) is 19.2 Å². The lowest BCUT2D eigenvalue weighted by atomic mass is 10.1. The molecule has 2 aromatic rings. The van der Waals surface area contributed by atoms with Crippen LogP contribution in [0.25, 0.3) is 0 Å². The van der Waals surface area contributed by atoms with Crippen molar-refractivity contribution < 1.29 is 13.6 Å². The highest BCUT2D eigenvalue weighted by Crippen LogP contribution is 2.25. The molecule has 0 bridgehead atoms. The number of anilines is 2. The molecule has 3 nitrogen and oxygen atoms in total. The van der Waals surface area contributed by atoms with Gasteiger partial charge in [0, 0.05) is 17.2 Å². The molecule has 2 N–H and O–H groups in total. The quantitative estimate of drug-likeness (QED) is 0.861. The van der Waals surface area contributed by atoms with Crippen molar-refractivity contribution in [2.45, 2.75) is 6.92 Å². The van der Waals surface area contributed by atoms with Gasteiger partial charge >= 0.3 is 0 Å². The van der Waals surface area contributed by atoms with Gasteiger partial charge < -0.3 is 10.6 Å². The molecular formula is C15H13BrF2N2O. The fraction of sp³-hybridized carbons (Fsp3) is 0.133. The molecule has 0 heterocycles. The Morgan fingerprint density at radius 3 is 2.33 bits per heavy atom. The molecule has 0 saturated heterocycles. The Morgan fingerprint density at radius 1 is 1.14 bits per heavy atom. The van der Waals surface area contributed by atoms with Crippen LogP contribution in [-0.2, 0) is 0 Å². The topological polar surface area (TPSA) is 41.1 Å². The number of aryl methyl sites for hydroxylation is 1. The number of nitrogens with one attached hydrogen (secondary N) is 2. The average molecular weight is 355 g/mol. The first kappa shape index (κ1) is 15.4. The average Bonchev–Trinajstić information content (AvgIpc) is 2.42. The van der Waals surface area contributed by atoms with E-state index >= 15 is 0 Å². The molecular weight excluding hydrogens is 342 g/mol. The molecule has 0 aliphatic carbocycles. The number of carbonyl (C=O) groups is 1. The van der Waals surface area contributed by atoms with E-state index in [-0.39, 0.29) is 4.47 Å². The van der Waals surface area contributed by atoms with Gasteiger partial charge in [0.25, 0.3) is 5.91 Å². The lowest BCUT2D eigenvalue weighted by molar-refractivity contribution is 0.102. The lowest BCUT2D eigenvalue weighted by Gasteiger charge is -2.12. The van der Waals surface area contributed by atoms with E-state index in [2.05, 4.69) is 26.6 Å². The monoisotopic (exact) mass is 354 g/mol. The Bertz CT molecular complexity index is 681. The number of rotatable bonds is 3. The van der Waals surface area contributed by atoms with Gasteiger partial charge in [0.1, 0.15) is 5.69 Å². The lowest BCUT2D eigenvalue weighted by Crippen LogP contribution is -2.16. The van der Waals surface area contributed by atoms with Crippen LogP contribution in [0, 0.1) is 18.6 Å². The Labute approximate surface area is 129 Å². The van der Waals surface area contributed by atoms with Crippen LogP contribution in [0.5, 0.6) is 0 Å². The molecule has 0 spiro atoms. The Kier molecular flexibility index (Phi) is 4.57. The summed E-state index contributed by atoms with van der Waals surface area (Å²) in [4.78, 5) is 12.2. The second-order valence-corrected chi connectivity index (χ2v) is 5.41. The first-order valence-electron chi connectivity index (χ1n) is 6.16. The van der Waals surface area contributed by atoms with Gasteiger partial charge in [0.15, 0.2) is 11.6 Å². The van der Waals surface area contributed by atoms with Crippen LogP contribution in [-0.4, -0.2) is 13.0 Å². The molecule has 0 atom stereocenters. The molecule has 1 amide bonds. The predicted molar refractivity (Wildman–Crippen MR) is 82.7 cm³/mol. The molecule has 2 rings (SSSR count). The van der Waals surface area contributed by atoms with E-state index in [1.165, 1.54) is 0 Å². The predicted octanol–water partition coefficient (Wildman–Crippen LogP) is 4.33. The van der Waals surface area contributed by atoms with Gasteiger partial charge in [-0.05, 0) is 31.2 Å². The molecule has 0 aliphatic rings. The standard InChI is InChI=1S/C15H13BrF2N2O/c1-8-3-4-13(19-2)10(5-8)15(21)20-14-11(17)6-9(16)7-12(14)18/h3-7,19H,1-2H3,(H,20,21). The summed E-state index contributed by atoms with van der Waals surface area (Å²) in [6.07, 6.45) is 0. The number of halogens is 3. The van der Waals surface area contributed by atoms with Crippen molar-refractivity contribution in [3.63, 3.8) is 0 Å². The Hall–Kier alpha value is -1.95.